The highest BCUT2D eigenvalue weighted by Crippen LogP contribution is 2.24. The lowest BCUT2D eigenvalue weighted by atomic mass is 9.86. The fraction of sp³-hybridized carbons (Fsp3) is 0.882. The van der Waals surface area contributed by atoms with Crippen molar-refractivity contribution >= 4 is 11.9 Å². The van der Waals surface area contributed by atoms with Crippen molar-refractivity contribution in [1.82, 2.24) is 10.2 Å². The summed E-state index contributed by atoms with van der Waals surface area (Å²) in [6, 6.07) is 0.212. The van der Waals surface area contributed by atoms with E-state index in [1.54, 1.807) is 0 Å². The van der Waals surface area contributed by atoms with Crippen molar-refractivity contribution in [2.45, 2.75) is 64.5 Å². The van der Waals surface area contributed by atoms with E-state index in [4.69, 9.17) is 4.74 Å². The van der Waals surface area contributed by atoms with Crippen molar-refractivity contribution in [3.8, 4) is 0 Å². The minimum Gasteiger partial charge on any atom is -0.469 e. The van der Waals surface area contributed by atoms with Crippen LogP contribution in [-0.2, 0) is 14.3 Å². The maximum absolute atomic E-state index is 12.5. The molecule has 1 N–H and O–H groups in total. The highest BCUT2D eigenvalue weighted by molar-refractivity contribution is 5.81. The molecule has 0 bridgehead atoms. The lowest BCUT2D eigenvalue weighted by Gasteiger charge is -2.36. The lowest BCUT2D eigenvalue weighted by molar-refractivity contribution is -0.147. The first-order valence-electron chi connectivity index (χ1n) is 8.65. The zero-order valence-corrected chi connectivity index (χ0v) is 14.1. The van der Waals surface area contributed by atoms with Crippen LogP contribution < -0.4 is 5.32 Å². The number of hydrogen-bond donors (Lipinski definition) is 1. The van der Waals surface area contributed by atoms with Gasteiger partial charge >= 0.3 is 5.97 Å². The second-order valence-corrected chi connectivity index (χ2v) is 6.89. The molecule has 1 aliphatic heterocycles. The van der Waals surface area contributed by atoms with Crippen molar-refractivity contribution in [1.29, 1.82) is 0 Å². The van der Waals surface area contributed by atoms with Gasteiger partial charge in [0.2, 0.25) is 5.91 Å². The maximum Gasteiger partial charge on any atom is 0.308 e. The van der Waals surface area contributed by atoms with Crippen LogP contribution in [0.2, 0.25) is 0 Å². The molecule has 1 saturated carbocycles. The van der Waals surface area contributed by atoms with Crippen LogP contribution in [0.4, 0.5) is 0 Å². The molecule has 22 heavy (non-hydrogen) atoms. The average Bonchev–Trinajstić information content (AvgIpc) is 2.55. The van der Waals surface area contributed by atoms with Crippen molar-refractivity contribution in [3.05, 3.63) is 0 Å². The van der Waals surface area contributed by atoms with Gasteiger partial charge < -0.3 is 10.1 Å². The zero-order valence-electron chi connectivity index (χ0n) is 14.1. The van der Waals surface area contributed by atoms with Gasteiger partial charge in [0, 0.05) is 6.04 Å². The number of amides is 1. The molecule has 126 valence electrons. The number of nitrogens with zero attached hydrogens (tertiary/aromatic N) is 1. The first kappa shape index (κ1) is 17.3. The first-order valence-corrected chi connectivity index (χ1v) is 8.65. The summed E-state index contributed by atoms with van der Waals surface area (Å²) in [5.41, 5.74) is 0. The molecule has 2 rings (SSSR count). The fourth-order valence-corrected chi connectivity index (χ4v) is 3.69. The molecule has 1 saturated heterocycles. The van der Waals surface area contributed by atoms with Crippen LogP contribution in [0.5, 0.6) is 0 Å². The van der Waals surface area contributed by atoms with Crippen molar-refractivity contribution in [2.24, 2.45) is 11.8 Å². The molecule has 1 amide bonds. The molecule has 0 radical (unpaired) electrons. The summed E-state index contributed by atoms with van der Waals surface area (Å²) in [6.45, 7) is 5.78. The van der Waals surface area contributed by atoms with Crippen LogP contribution in [-0.4, -0.2) is 49.1 Å². The number of nitrogens with one attached hydrogen (secondary N) is 1. The van der Waals surface area contributed by atoms with Gasteiger partial charge in [-0.25, -0.2) is 0 Å². The molecule has 0 spiro atoms. The van der Waals surface area contributed by atoms with Gasteiger partial charge in [0.15, 0.2) is 0 Å². The molecular weight excluding hydrogens is 280 g/mol. The molecule has 0 aromatic heterocycles. The molecule has 3 atom stereocenters. The predicted molar refractivity (Wildman–Crippen MR) is 85.3 cm³/mol. The Kier molecular flexibility index (Phi) is 6.24. The van der Waals surface area contributed by atoms with E-state index in [1.807, 2.05) is 6.92 Å². The van der Waals surface area contributed by atoms with Gasteiger partial charge in [-0.05, 0) is 51.6 Å². The van der Waals surface area contributed by atoms with E-state index in [9.17, 15) is 9.59 Å². The Labute approximate surface area is 133 Å². The number of ether oxygens (including phenoxy) is 1. The zero-order chi connectivity index (χ0) is 16.1. The van der Waals surface area contributed by atoms with Crippen molar-refractivity contribution < 1.29 is 14.3 Å². The standard InChI is InChI=1S/C17H30N2O3/c1-12-6-4-5-7-15(12)18-16(20)13(2)19-10-8-14(9-11-19)17(21)22-3/h12-15H,4-11H2,1-3H3,(H,18,20)/t12-,13+,15+/m0/s1. The summed E-state index contributed by atoms with van der Waals surface area (Å²) in [6.07, 6.45) is 6.38. The molecule has 2 aliphatic rings. The lowest BCUT2D eigenvalue weighted by Crippen LogP contribution is -2.52. The average molecular weight is 310 g/mol. The number of methoxy groups -OCH3 is 1. The molecule has 0 aromatic carbocycles. The minimum absolute atomic E-state index is 0.00474. The normalized spacial score (nSPS) is 28.9. The molecule has 2 fully saturated rings. The Bertz CT molecular complexity index is 391. The van der Waals surface area contributed by atoms with Gasteiger partial charge in [0.1, 0.15) is 0 Å². The molecule has 1 aliphatic carbocycles. The van der Waals surface area contributed by atoms with Gasteiger partial charge in [0.25, 0.3) is 0 Å². The molecular formula is C17H30N2O3. The third-order valence-electron chi connectivity index (χ3n) is 5.43. The fourth-order valence-electron chi connectivity index (χ4n) is 3.69. The van der Waals surface area contributed by atoms with Crippen molar-refractivity contribution in [3.63, 3.8) is 0 Å². The van der Waals surface area contributed by atoms with Gasteiger partial charge in [0.05, 0.1) is 19.1 Å². The van der Waals surface area contributed by atoms with E-state index >= 15 is 0 Å². The molecule has 5 nitrogen and oxygen atoms in total. The number of likely N-dealkylation sites (tertiary alicyclic amines) is 1. The van der Waals surface area contributed by atoms with E-state index in [-0.39, 0.29) is 23.8 Å². The number of rotatable bonds is 4. The van der Waals surface area contributed by atoms with E-state index in [1.165, 1.54) is 26.4 Å². The van der Waals surface area contributed by atoms with Crippen LogP contribution in [0.15, 0.2) is 0 Å². The Morgan fingerprint density at radius 3 is 2.36 bits per heavy atom. The quantitative estimate of drug-likeness (QED) is 0.806. The molecule has 0 unspecified atom stereocenters. The van der Waals surface area contributed by atoms with Crippen LogP contribution in [0.3, 0.4) is 0 Å². The summed E-state index contributed by atoms with van der Waals surface area (Å²) >= 11 is 0. The second kappa shape index (κ2) is 7.95. The second-order valence-electron chi connectivity index (χ2n) is 6.89. The van der Waals surface area contributed by atoms with E-state index in [2.05, 4.69) is 17.1 Å². The number of hydrogen-bond acceptors (Lipinski definition) is 4. The minimum atomic E-state index is -0.118. The van der Waals surface area contributed by atoms with Gasteiger partial charge in [-0.1, -0.05) is 19.8 Å². The predicted octanol–water partition coefficient (Wildman–Crippen LogP) is 1.95. The van der Waals surface area contributed by atoms with Crippen LogP contribution in [0.1, 0.15) is 52.4 Å². The SMILES string of the molecule is COC(=O)C1CCN([C@H](C)C(=O)N[C@@H]2CCCC[C@@H]2C)CC1. The van der Waals surface area contributed by atoms with Gasteiger partial charge in [-0.3, -0.25) is 14.5 Å². The number of esters is 1. The Balaban J connectivity index is 1.80. The smallest absolute Gasteiger partial charge is 0.308 e. The van der Waals surface area contributed by atoms with Crippen LogP contribution in [0, 0.1) is 11.8 Å². The van der Waals surface area contributed by atoms with Gasteiger partial charge in [-0.2, -0.15) is 0 Å². The van der Waals surface area contributed by atoms with E-state index in [0.29, 0.717) is 12.0 Å². The summed E-state index contributed by atoms with van der Waals surface area (Å²) in [5, 5.41) is 3.24. The van der Waals surface area contributed by atoms with Crippen LogP contribution in [0.25, 0.3) is 0 Å². The van der Waals surface area contributed by atoms with Crippen molar-refractivity contribution in [2.75, 3.05) is 20.2 Å². The number of piperidine rings is 1. The third kappa shape index (κ3) is 4.22. The monoisotopic (exact) mass is 310 g/mol. The van der Waals surface area contributed by atoms with E-state index in [0.717, 1.165) is 32.4 Å². The Morgan fingerprint density at radius 1 is 1.14 bits per heavy atom. The Morgan fingerprint density at radius 2 is 1.77 bits per heavy atom. The highest BCUT2D eigenvalue weighted by Gasteiger charge is 2.31. The maximum atomic E-state index is 12.5. The first-order chi connectivity index (χ1) is 10.5. The van der Waals surface area contributed by atoms with Gasteiger partial charge in [-0.15, -0.1) is 0 Å². The topological polar surface area (TPSA) is 58.6 Å². The highest BCUT2D eigenvalue weighted by atomic mass is 16.5. The summed E-state index contributed by atoms with van der Waals surface area (Å²) in [5.74, 6) is 0.591. The number of carbonyl (C=O) groups excluding carboxylic acids is 2. The van der Waals surface area contributed by atoms with E-state index < -0.39 is 0 Å². The molecule has 1 heterocycles. The molecule has 0 aromatic rings. The number of carbonyl (C=O) groups is 2. The third-order valence-corrected chi connectivity index (χ3v) is 5.43. The largest absolute Gasteiger partial charge is 0.469 e. The summed E-state index contributed by atoms with van der Waals surface area (Å²) in [4.78, 5) is 26.2. The Hall–Kier alpha value is -1.10. The summed E-state index contributed by atoms with van der Waals surface area (Å²) < 4.78 is 4.81. The summed E-state index contributed by atoms with van der Waals surface area (Å²) in [7, 11) is 1.44. The van der Waals surface area contributed by atoms with Crippen LogP contribution >= 0.6 is 0 Å². The molecule has 5 heteroatoms.